The number of rotatable bonds is 0. The summed E-state index contributed by atoms with van der Waals surface area (Å²) >= 11 is -5.45. The summed E-state index contributed by atoms with van der Waals surface area (Å²) in [6.45, 7) is 5.44. The fourth-order valence-electron chi connectivity index (χ4n) is 1.50. The first kappa shape index (κ1) is 15.5. The second-order valence-electron chi connectivity index (χ2n) is 4.56. The molecule has 0 bridgehead atoms. The molecule has 0 aromatic carbocycles. The maximum absolute atomic E-state index is 11.9. The SMILES string of the molecule is CC1=C(C)C(=O)[O][Sn]2([O]C1=O)[O]C(=O)C(C)=C(C)C(=O)[O]2. The first-order chi connectivity index (χ1) is 9.67. The number of carbonyl (C=O) groups is 4. The third-order valence-electron chi connectivity index (χ3n) is 3.22. The zero-order chi connectivity index (χ0) is 15.9. The van der Waals surface area contributed by atoms with Crippen molar-refractivity contribution in [3.05, 3.63) is 22.3 Å². The van der Waals surface area contributed by atoms with Gasteiger partial charge in [0.2, 0.25) is 0 Å². The van der Waals surface area contributed by atoms with Crippen molar-refractivity contribution >= 4 is 43.9 Å². The molecule has 0 atom stereocenters. The van der Waals surface area contributed by atoms with E-state index in [0.717, 1.165) is 0 Å². The van der Waals surface area contributed by atoms with Crippen LogP contribution < -0.4 is 0 Å². The van der Waals surface area contributed by atoms with Crippen molar-refractivity contribution in [2.75, 3.05) is 0 Å². The molecule has 0 aromatic heterocycles. The summed E-state index contributed by atoms with van der Waals surface area (Å²) in [6.07, 6.45) is 0. The molecule has 8 nitrogen and oxygen atoms in total. The van der Waals surface area contributed by atoms with Gasteiger partial charge in [0.15, 0.2) is 0 Å². The number of hydrogen-bond acceptors (Lipinski definition) is 8. The molecule has 0 fully saturated rings. The van der Waals surface area contributed by atoms with Gasteiger partial charge in [-0.15, -0.1) is 0 Å². The molecule has 2 rings (SSSR count). The van der Waals surface area contributed by atoms with E-state index in [-0.39, 0.29) is 22.3 Å². The van der Waals surface area contributed by atoms with Crippen LogP contribution in [0.25, 0.3) is 0 Å². The van der Waals surface area contributed by atoms with Gasteiger partial charge in [0, 0.05) is 0 Å². The van der Waals surface area contributed by atoms with Crippen molar-refractivity contribution in [1.29, 1.82) is 0 Å². The fourth-order valence-corrected chi connectivity index (χ4v) is 6.55. The third-order valence-corrected chi connectivity index (χ3v) is 8.19. The molecule has 112 valence electrons. The summed E-state index contributed by atoms with van der Waals surface area (Å²) in [6, 6.07) is 0. The van der Waals surface area contributed by atoms with Gasteiger partial charge in [-0.05, 0) is 0 Å². The summed E-state index contributed by atoms with van der Waals surface area (Å²) in [5.41, 5.74) is 0.0234. The Balaban J connectivity index is 2.46. The standard InChI is InChI=1S/2C6H8O4.Sn/c2*1-3(5(7)8)4(2)6(9)10;/h2*1-2H3,(H,7,8)(H,9,10);/q;;+4/p-4. The minimum atomic E-state index is -5.45. The summed E-state index contributed by atoms with van der Waals surface area (Å²) in [5.74, 6) is -3.64. The van der Waals surface area contributed by atoms with Gasteiger partial charge in [0.25, 0.3) is 0 Å². The zero-order valence-electron chi connectivity index (χ0n) is 11.8. The van der Waals surface area contributed by atoms with Gasteiger partial charge in [0.1, 0.15) is 0 Å². The topological polar surface area (TPSA) is 105 Å². The molecule has 21 heavy (non-hydrogen) atoms. The zero-order valence-corrected chi connectivity index (χ0v) is 14.6. The van der Waals surface area contributed by atoms with Gasteiger partial charge in [-0.25, -0.2) is 0 Å². The summed E-state index contributed by atoms with van der Waals surface area (Å²) in [7, 11) is 0. The molecule has 0 saturated carbocycles. The van der Waals surface area contributed by atoms with Gasteiger partial charge >= 0.3 is 125 Å². The van der Waals surface area contributed by atoms with E-state index in [0.29, 0.717) is 0 Å². The van der Waals surface area contributed by atoms with Crippen LogP contribution in [-0.4, -0.2) is 43.9 Å². The average Bonchev–Trinajstić information content (AvgIpc) is 2.53. The molecule has 0 N–H and O–H groups in total. The normalized spacial score (nSPS) is 22.3. The Kier molecular flexibility index (Phi) is 3.83. The second kappa shape index (κ2) is 5.17. The minimum absolute atomic E-state index is 0.00585. The van der Waals surface area contributed by atoms with Gasteiger partial charge in [0.05, 0.1) is 0 Å². The third kappa shape index (κ3) is 2.67. The van der Waals surface area contributed by atoms with Crippen LogP contribution in [0, 0.1) is 0 Å². The fraction of sp³-hybridized carbons (Fsp3) is 0.333. The van der Waals surface area contributed by atoms with E-state index >= 15 is 0 Å². The van der Waals surface area contributed by atoms with E-state index in [1.54, 1.807) is 0 Å². The Morgan fingerprint density at radius 3 is 0.905 bits per heavy atom. The van der Waals surface area contributed by atoms with Crippen LogP contribution in [0.5, 0.6) is 0 Å². The Labute approximate surface area is 125 Å². The van der Waals surface area contributed by atoms with Crippen molar-refractivity contribution < 1.29 is 31.5 Å². The molecule has 0 unspecified atom stereocenters. The van der Waals surface area contributed by atoms with Crippen molar-refractivity contribution in [2.45, 2.75) is 27.7 Å². The van der Waals surface area contributed by atoms with Gasteiger partial charge in [-0.2, -0.15) is 0 Å². The molecule has 0 saturated heterocycles. The predicted octanol–water partition coefficient (Wildman–Crippen LogP) is 0.295. The van der Waals surface area contributed by atoms with Crippen LogP contribution in [0.1, 0.15) is 27.7 Å². The monoisotopic (exact) mass is 404 g/mol. The molecular formula is C12H12O8Sn. The molecule has 9 heteroatoms. The van der Waals surface area contributed by atoms with Gasteiger partial charge in [-0.1, -0.05) is 0 Å². The molecule has 1 spiro atoms. The van der Waals surface area contributed by atoms with E-state index in [2.05, 4.69) is 0 Å². The predicted molar refractivity (Wildman–Crippen MR) is 66.9 cm³/mol. The van der Waals surface area contributed by atoms with Crippen molar-refractivity contribution in [2.24, 2.45) is 0 Å². The second-order valence-corrected chi connectivity index (χ2v) is 9.74. The molecule has 0 amide bonds. The molecule has 0 radical (unpaired) electrons. The first-order valence-electron chi connectivity index (χ1n) is 5.95. The maximum atomic E-state index is 11.9. The van der Waals surface area contributed by atoms with E-state index < -0.39 is 43.9 Å². The first-order valence-corrected chi connectivity index (χ1v) is 10.6. The average molecular weight is 403 g/mol. The molecule has 2 heterocycles. The molecule has 2 aliphatic heterocycles. The van der Waals surface area contributed by atoms with Crippen LogP contribution in [0.2, 0.25) is 0 Å². The molecular weight excluding hydrogens is 391 g/mol. The van der Waals surface area contributed by atoms with E-state index in [1.165, 1.54) is 27.7 Å². The van der Waals surface area contributed by atoms with Crippen LogP contribution in [0.4, 0.5) is 0 Å². The summed E-state index contributed by atoms with van der Waals surface area (Å²) < 4.78 is 19.9. The van der Waals surface area contributed by atoms with Crippen LogP contribution in [0.15, 0.2) is 22.3 Å². The van der Waals surface area contributed by atoms with E-state index in [9.17, 15) is 19.2 Å². The molecule has 0 aromatic rings. The van der Waals surface area contributed by atoms with Crippen molar-refractivity contribution in [3.63, 3.8) is 0 Å². The Hall–Kier alpha value is -1.84. The van der Waals surface area contributed by atoms with Gasteiger partial charge in [-0.3, -0.25) is 0 Å². The Bertz CT molecular complexity index is 530. The Morgan fingerprint density at radius 1 is 0.524 bits per heavy atom. The van der Waals surface area contributed by atoms with E-state index in [1.807, 2.05) is 0 Å². The van der Waals surface area contributed by atoms with Crippen molar-refractivity contribution in [1.82, 2.24) is 0 Å². The molecule has 2 aliphatic rings. The number of hydrogen-bond donors (Lipinski definition) is 0. The Morgan fingerprint density at radius 2 is 0.714 bits per heavy atom. The molecule has 0 aliphatic carbocycles. The van der Waals surface area contributed by atoms with Crippen molar-refractivity contribution in [3.8, 4) is 0 Å². The summed E-state index contributed by atoms with van der Waals surface area (Å²) in [5, 5.41) is 0. The van der Waals surface area contributed by atoms with Crippen LogP contribution in [-0.2, 0) is 31.5 Å². The van der Waals surface area contributed by atoms with E-state index in [4.69, 9.17) is 12.3 Å². The number of carbonyl (C=O) groups excluding carboxylic acids is 4. The van der Waals surface area contributed by atoms with Crippen LogP contribution >= 0.6 is 0 Å². The quantitative estimate of drug-likeness (QED) is 0.532. The van der Waals surface area contributed by atoms with Gasteiger partial charge < -0.3 is 0 Å². The van der Waals surface area contributed by atoms with Crippen LogP contribution in [0.3, 0.4) is 0 Å². The summed E-state index contributed by atoms with van der Waals surface area (Å²) in [4.78, 5) is 47.5.